The number of anilines is 2. The molecule has 0 aliphatic rings. The van der Waals surface area contributed by atoms with Crippen molar-refractivity contribution in [1.82, 2.24) is 0 Å². The van der Waals surface area contributed by atoms with Crippen LogP contribution in [0, 0.1) is 11.6 Å². The summed E-state index contributed by atoms with van der Waals surface area (Å²) in [4.78, 5) is 12.0. The molecule has 3 aromatic carbocycles. The molecule has 35 heavy (non-hydrogen) atoms. The first-order chi connectivity index (χ1) is 16.3. The molecule has 0 aromatic heterocycles. The molecular formula is C23H19F5N2O4S. The predicted molar refractivity (Wildman–Crippen MR) is 119 cm³/mol. The van der Waals surface area contributed by atoms with Crippen LogP contribution in [0.25, 0.3) is 0 Å². The molecule has 1 N–H and O–H groups in total. The highest BCUT2D eigenvalue weighted by Crippen LogP contribution is 2.33. The third-order valence-corrected chi connectivity index (χ3v) is 5.83. The van der Waals surface area contributed by atoms with Crippen LogP contribution in [0.4, 0.5) is 33.3 Å². The van der Waals surface area contributed by atoms with Crippen molar-refractivity contribution in [1.29, 1.82) is 0 Å². The van der Waals surface area contributed by atoms with Gasteiger partial charge in [-0.2, -0.15) is 13.2 Å². The predicted octanol–water partition coefficient (Wildman–Crippen LogP) is 4.97. The first-order valence-corrected chi connectivity index (χ1v) is 11.8. The number of amides is 1. The van der Waals surface area contributed by atoms with Crippen LogP contribution >= 0.6 is 0 Å². The Labute approximate surface area is 198 Å². The topological polar surface area (TPSA) is 75.7 Å². The molecule has 0 bridgehead atoms. The molecule has 3 aromatic rings. The lowest BCUT2D eigenvalue weighted by atomic mass is 10.2. The molecule has 0 unspecified atom stereocenters. The van der Waals surface area contributed by atoms with Crippen LogP contribution in [0.3, 0.4) is 0 Å². The quantitative estimate of drug-likeness (QED) is 0.431. The summed E-state index contributed by atoms with van der Waals surface area (Å²) in [5.74, 6) is -2.52. The van der Waals surface area contributed by atoms with E-state index in [0.29, 0.717) is 23.4 Å². The van der Waals surface area contributed by atoms with Crippen molar-refractivity contribution in [3.8, 4) is 5.75 Å². The van der Waals surface area contributed by atoms with Crippen LogP contribution in [0.15, 0.2) is 66.7 Å². The van der Waals surface area contributed by atoms with E-state index in [1.807, 2.05) is 0 Å². The largest absolute Gasteiger partial charge is 0.484 e. The molecule has 0 radical (unpaired) electrons. The van der Waals surface area contributed by atoms with E-state index in [-0.39, 0.29) is 18.0 Å². The SMILES string of the molecule is CS(=O)(=O)N(Cc1ccc(F)cc1)c1ccc(OCC(=O)Nc2ccc(F)c(C(F)(F)F)c2)cc1. The molecular weight excluding hydrogens is 495 g/mol. The second kappa shape index (κ2) is 10.3. The zero-order chi connectivity index (χ0) is 25.8. The fraction of sp³-hybridized carbons (Fsp3) is 0.174. The Kier molecular flexibility index (Phi) is 7.64. The number of rotatable bonds is 8. The van der Waals surface area contributed by atoms with Gasteiger partial charge >= 0.3 is 6.18 Å². The molecule has 12 heteroatoms. The van der Waals surface area contributed by atoms with Crippen molar-refractivity contribution >= 4 is 27.3 Å². The Morgan fingerprint density at radius 1 is 0.971 bits per heavy atom. The maximum absolute atomic E-state index is 13.4. The van der Waals surface area contributed by atoms with E-state index in [4.69, 9.17) is 4.74 Å². The number of benzene rings is 3. The first kappa shape index (κ1) is 25.9. The second-order valence-electron chi connectivity index (χ2n) is 7.42. The molecule has 6 nitrogen and oxygen atoms in total. The van der Waals surface area contributed by atoms with Gasteiger partial charge in [0.05, 0.1) is 24.1 Å². The molecule has 0 fully saturated rings. The van der Waals surface area contributed by atoms with Crippen molar-refractivity contribution in [3.63, 3.8) is 0 Å². The summed E-state index contributed by atoms with van der Waals surface area (Å²) < 4.78 is 95.8. The van der Waals surface area contributed by atoms with E-state index in [2.05, 4.69) is 5.32 Å². The smallest absolute Gasteiger partial charge is 0.419 e. The van der Waals surface area contributed by atoms with Crippen molar-refractivity contribution in [2.45, 2.75) is 12.7 Å². The summed E-state index contributed by atoms with van der Waals surface area (Å²) in [5.41, 5.74) is -0.918. The van der Waals surface area contributed by atoms with E-state index < -0.39 is 45.9 Å². The highest BCUT2D eigenvalue weighted by atomic mass is 32.2. The summed E-state index contributed by atoms with van der Waals surface area (Å²) in [5, 5.41) is 2.19. The van der Waals surface area contributed by atoms with Crippen LogP contribution in [0.1, 0.15) is 11.1 Å². The number of hydrogen-bond acceptors (Lipinski definition) is 4. The monoisotopic (exact) mass is 514 g/mol. The molecule has 0 aliphatic carbocycles. The summed E-state index contributed by atoms with van der Waals surface area (Å²) >= 11 is 0. The van der Waals surface area contributed by atoms with E-state index in [1.165, 1.54) is 48.5 Å². The molecule has 0 atom stereocenters. The Bertz CT molecular complexity index is 1290. The zero-order valence-electron chi connectivity index (χ0n) is 18.1. The maximum Gasteiger partial charge on any atom is 0.419 e. The van der Waals surface area contributed by atoms with E-state index in [1.54, 1.807) is 0 Å². The van der Waals surface area contributed by atoms with Gasteiger partial charge in [0.1, 0.15) is 17.4 Å². The van der Waals surface area contributed by atoms with Gasteiger partial charge in [-0.1, -0.05) is 12.1 Å². The number of hydrogen-bond donors (Lipinski definition) is 1. The van der Waals surface area contributed by atoms with E-state index in [0.717, 1.165) is 16.6 Å². The summed E-state index contributed by atoms with van der Waals surface area (Å²) in [6.07, 6.45) is -3.90. The Hall–Kier alpha value is -3.67. The molecule has 186 valence electrons. The zero-order valence-corrected chi connectivity index (χ0v) is 19.0. The number of nitrogens with one attached hydrogen (secondary N) is 1. The lowest BCUT2D eigenvalue weighted by molar-refractivity contribution is -0.140. The number of carbonyl (C=O) groups is 1. The van der Waals surface area contributed by atoms with E-state index >= 15 is 0 Å². The van der Waals surface area contributed by atoms with Crippen LogP contribution in [0.2, 0.25) is 0 Å². The maximum atomic E-state index is 13.4. The van der Waals surface area contributed by atoms with Gasteiger partial charge in [-0.05, 0) is 60.2 Å². The summed E-state index contributed by atoms with van der Waals surface area (Å²) in [6, 6.07) is 13.1. The molecule has 0 saturated carbocycles. The normalized spacial score (nSPS) is 11.7. The van der Waals surface area contributed by atoms with Crippen molar-refractivity contribution in [2.24, 2.45) is 0 Å². The fourth-order valence-corrected chi connectivity index (χ4v) is 3.92. The van der Waals surface area contributed by atoms with Gasteiger partial charge in [-0.15, -0.1) is 0 Å². The molecule has 0 saturated heterocycles. The van der Waals surface area contributed by atoms with E-state index in [9.17, 15) is 35.2 Å². The number of ether oxygens (including phenoxy) is 1. The number of nitrogens with zero attached hydrogens (tertiary/aromatic N) is 1. The minimum atomic E-state index is -4.92. The number of halogens is 5. The number of carbonyl (C=O) groups excluding carboxylic acids is 1. The highest BCUT2D eigenvalue weighted by Gasteiger charge is 2.34. The highest BCUT2D eigenvalue weighted by molar-refractivity contribution is 7.92. The van der Waals surface area contributed by atoms with Crippen LogP contribution in [-0.4, -0.2) is 27.2 Å². The van der Waals surface area contributed by atoms with Gasteiger partial charge in [0.25, 0.3) is 5.91 Å². The first-order valence-electron chi connectivity index (χ1n) is 9.94. The molecule has 1 amide bonds. The van der Waals surface area contributed by atoms with Gasteiger partial charge in [-0.25, -0.2) is 17.2 Å². The minimum Gasteiger partial charge on any atom is -0.484 e. The Morgan fingerprint density at radius 3 is 2.17 bits per heavy atom. The third-order valence-electron chi connectivity index (χ3n) is 4.69. The summed E-state index contributed by atoms with van der Waals surface area (Å²) in [6.45, 7) is -0.608. The third kappa shape index (κ3) is 7.15. The molecule has 0 aliphatic heterocycles. The van der Waals surface area contributed by atoms with Crippen molar-refractivity contribution < 1.29 is 39.9 Å². The number of sulfonamides is 1. The number of alkyl halides is 3. The standard InChI is InChI=1S/C23H19F5N2O4S/c1-35(32,33)30(13-15-2-4-16(24)5-3-15)18-7-9-19(10-8-18)34-14-22(31)29-17-6-11-21(25)20(12-17)23(26,27)28/h2-12H,13-14H2,1H3,(H,29,31). The molecule has 3 rings (SSSR count). The van der Waals surface area contributed by atoms with Crippen molar-refractivity contribution in [2.75, 3.05) is 22.5 Å². The fourth-order valence-electron chi connectivity index (χ4n) is 3.03. The van der Waals surface area contributed by atoms with Gasteiger partial charge in [-0.3, -0.25) is 9.10 Å². The minimum absolute atomic E-state index is 0.0424. The van der Waals surface area contributed by atoms with Gasteiger partial charge in [0.15, 0.2) is 6.61 Å². The Balaban J connectivity index is 1.64. The van der Waals surface area contributed by atoms with Gasteiger partial charge < -0.3 is 10.1 Å². The van der Waals surface area contributed by atoms with Crippen molar-refractivity contribution in [3.05, 3.63) is 89.5 Å². The molecule has 0 heterocycles. The van der Waals surface area contributed by atoms with Gasteiger partial charge in [0.2, 0.25) is 10.0 Å². The average Bonchev–Trinajstić information content (AvgIpc) is 2.77. The molecule has 0 spiro atoms. The second-order valence-corrected chi connectivity index (χ2v) is 9.33. The van der Waals surface area contributed by atoms with Crippen LogP contribution < -0.4 is 14.4 Å². The van der Waals surface area contributed by atoms with Crippen LogP contribution in [-0.2, 0) is 27.5 Å². The lowest BCUT2D eigenvalue weighted by Gasteiger charge is -2.22. The summed E-state index contributed by atoms with van der Waals surface area (Å²) in [7, 11) is -3.69. The van der Waals surface area contributed by atoms with Crippen LogP contribution in [0.5, 0.6) is 5.75 Å². The Morgan fingerprint density at radius 2 is 1.60 bits per heavy atom. The van der Waals surface area contributed by atoms with Gasteiger partial charge in [0, 0.05) is 5.69 Å². The lowest BCUT2D eigenvalue weighted by Crippen LogP contribution is -2.29. The average molecular weight is 514 g/mol.